The van der Waals surface area contributed by atoms with Gasteiger partial charge in [-0.2, -0.15) is 0 Å². The maximum absolute atomic E-state index is 11.7. The molecule has 3 rings (SSSR count). The molecule has 0 saturated carbocycles. The van der Waals surface area contributed by atoms with Crippen LogP contribution < -0.4 is 15.5 Å². The summed E-state index contributed by atoms with van der Waals surface area (Å²) in [5.41, 5.74) is 6.84. The summed E-state index contributed by atoms with van der Waals surface area (Å²) in [5.74, 6) is 0.842. The van der Waals surface area contributed by atoms with Crippen LogP contribution in [0.2, 0.25) is 0 Å². The van der Waals surface area contributed by atoms with Crippen LogP contribution in [0.4, 0.5) is 11.5 Å². The Morgan fingerprint density at radius 2 is 2.32 bits per heavy atom. The number of likely N-dealkylation sites (N-methyl/N-ethyl adjacent to an activating group) is 1. The number of nitrogens with zero attached hydrogens (tertiary/aromatic N) is 3. The van der Waals surface area contributed by atoms with Gasteiger partial charge in [0.1, 0.15) is 5.82 Å². The molecule has 2 heterocycles. The molecular weight excluding hydrogens is 276 g/mol. The Hall–Kier alpha value is -2.40. The number of nitrogens with two attached hydrogens (primary N) is 1. The Labute approximate surface area is 130 Å². The normalized spacial score (nSPS) is 17.7. The second-order valence-corrected chi connectivity index (χ2v) is 5.64. The molecule has 22 heavy (non-hydrogen) atoms. The fraction of sp³-hybridized carbons (Fsp3) is 0.294. The monoisotopic (exact) mass is 296 g/mol. The number of hydrogen-bond acceptors (Lipinski definition) is 4. The molecule has 114 valence electrons. The van der Waals surface area contributed by atoms with Crippen LogP contribution in [-0.2, 0) is 4.79 Å². The van der Waals surface area contributed by atoms with E-state index in [1.807, 2.05) is 24.3 Å². The number of carbonyl (C=O) groups excluding carboxylic acids is 1. The van der Waals surface area contributed by atoms with Crippen molar-refractivity contribution in [2.75, 3.05) is 29.9 Å². The summed E-state index contributed by atoms with van der Waals surface area (Å²) >= 11 is 0. The van der Waals surface area contributed by atoms with E-state index < -0.39 is 0 Å². The quantitative estimate of drug-likeness (QED) is 0.879. The zero-order valence-corrected chi connectivity index (χ0v) is 12.7. The van der Waals surface area contributed by atoms with Crippen molar-refractivity contribution >= 4 is 28.2 Å². The zero-order chi connectivity index (χ0) is 15.7. The van der Waals surface area contributed by atoms with Gasteiger partial charge >= 0.3 is 0 Å². The molecule has 1 unspecified atom stereocenters. The Bertz CT molecular complexity index is 728. The lowest BCUT2D eigenvalue weighted by atomic mass is 10.1. The first-order valence-electron chi connectivity index (χ1n) is 7.39. The Kier molecular flexibility index (Phi) is 3.81. The van der Waals surface area contributed by atoms with E-state index in [2.05, 4.69) is 16.5 Å². The van der Waals surface area contributed by atoms with Crippen molar-refractivity contribution in [1.29, 1.82) is 0 Å². The number of aromatic nitrogens is 1. The van der Waals surface area contributed by atoms with Crippen molar-refractivity contribution < 1.29 is 4.79 Å². The van der Waals surface area contributed by atoms with Gasteiger partial charge < -0.3 is 15.5 Å². The summed E-state index contributed by atoms with van der Waals surface area (Å²) in [4.78, 5) is 20.1. The van der Waals surface area contributed by atoms with Crippen LogP contribution in [0.15, 0.2) is 43.1 Å². The highest BCUT2D eigenvalue weighted by molar-refractivity contribution is 6.03. The summed E-state index contributed by atoms with van der Waals surface area (Å²) in [6.45, 7) is 5.29. The van der Waals surface area contributed by atoms with Crippen molar-refractivity contribution in [1.82, 2.24) is 4.98 Å². The third-order valence-corrected chi connectivity index (χ3v) is 4.14. The summed E-state index contributed by atoms with van der Waals surface area (Å²) in [6.07, 6.45) is 4.11. The first kappa shape index (κ1) is 14.5. The summed E-state index contributed by atoms with van der Waals surface area (Å²) in [6, 6.07) is 8.13. The Morgan fingerprint density at radius 3 is 3.00 bits per heavy atom. The maximum Gasteiger partial charge on any atom is 0.250 e. The second kappa shape index (κ2) is 5.77. The summed E-state index contributed by atoms with van der Waals surface area (Å²) in [5, 5.41) is 2.14. The number of fused-ring (bicyclic) bond motifs is 1. The topological polar surface area (TPSA) is 62.5 Å². The van der Waals surface area contributed by atoms with Gasteiger partial charge in [0.15, 0.2) is 0 Å². The number of benzene rings is 1. The molecule has 0 aliphatic carbocycles. The van der Waals surface area contributed by atoms with Crippen LogP contribution in [0.1, 0.15) is 6.42 Å². The molecule has 1 atom stereocenters. The molecule has 5 heteroatoms. The van der Waals surface area contributed by atoms with Crippen LogP contribution in [-0.4, -0.2) is 37.1 Å². The minimum atomic E-state index is -0.126. The Morgan fingerprint density at radius 1 is 1.50 bits per heavy atom. The highest BCUT2D eigenvalue weighted by atomic mass is 16.2. The predicted molar refractivity (Wildman–Crippen MR) is 90.2 cm³/mol. The largest absolute Gasteiger partial charge is 0.354 e. The highest BCUT2D eigenvalue weighted by Gasteiger charge is 2.22. The van der Waals surface area contributed by atoms with Gasteiger partial charge in [0, 0.05) is 43.4 Å². The summed E-state index contributed by atoms with van der Waals surface area (Å²) in [7, 11) is 1.74. The van der Waals surface area contributed by atoms with Crippen molar-refractivity contribution in [3.63, 3.8) is 0 Å². The Balaban J connectivity index is 2.00. The maximum atomic E-state index is 11.7. The molecule has 0 bridgehead atoms. The number of carbonyl (C=O) groups is 1. The van der Waals surface area contributed by atoms with Crippen molar-refractivity contribution in [3.8, 4) is 0 Å². The molecule has 1 saturated heterocycles. The van der Waals surface area contributed by atoms with E-state index in [1.54, 1.807) is 18.1 Å². The van der Waals surface area contributed by atoms with Gasteiger partial charge in [-0.1, -0.05) is 6.58 Å². The van der Waals surface area contributed by atoms with E-state index >= 15 is 0 Å². The first-order chi connectivity index (χ1) is 10.6. The molecule has 1 aromatic heterocycles. The molecular formula is C17H20N4O. The van der Waals surface area contributed by atoms with Gasteiger partial charge in [-0.05, 0) is 42.1 Å². The van der Waals surface area contributed by atoms with E-state index in [-0.39, 0.29) is 11.9 Å². The molecule has 1 fully saturated rings. The average Bonchev–Trinajstić information content (AvgIpc) is 2.98. The van der Waals surface area contributed by atoms with E-state index in [1.165, 1.54) is 6.08 Å². The van der Waals surface area contributed by atoms with Gasteiger partial charge in [0.05, 0.1) is 0 Å². The standard InChI is InChI=1S/C17H20N4O/c1-3-16(22)20(2)14-4-5-15-12(10-14)6-8-19-17(15)21-9-7-13(18)11-21/h3-6,8,10,13H,1,7,9,11,18H2,2H3. The molecule has 5 nitrogen and oxygen atoms in total. The van der Waals surface area contributed by atoms with Crippen LogP contribution in [0, 0.1) is 0 Å². The number of pyridine rings is 1. The fourth-order valence-corrected chi connectivity index (χ4v) is 2.85. The second-order valence-electron chi connectivity index (χ2n) is 5.64. The number of amides is 1. The van der Waals surface area contributed by atoms with Crippen LogP contribution in [0.3, 0.4) is 0 Å². The minimum Gasteiger partial charge on any atom is -0.354 e. The minimum absolute atomic E-state index is 0.126. The molecule has 1 aromatic carbocycles. The number of rotatable bonds is 3. The molecule has 0 spiro atoms. The van der Waals surface area contributed by atoms with Crippen molar-refractivity contribution in [3.05, 3.63) is 43.1 Å². The van der Waals surface area contributed by atoms with E-state index in [0.29, 0.717) is 0 Å². The lowest BCUT2D eigenvalue weighted by Gasteiger charge is -2.20. The lowest BCUT2D eigenvalue weighted by Crippen LogP contribution is -2.27. The van der Waals surface area contributed by atoms with Crippen LogP contribution in [0.5, 0.6) is 0 Å². The molecule has 2 N–H and O–H groups in total. The molecule has 1 aliphatic rings. The molecule has 1 aliphatic heterocycles. The van der Waals surface area contributed by atoms with Gasteiger partial charge in [-0.3, -0.25) is 4.79 Å². The van der Waals surface area contributed by atoms with E-state index in [9.17, 15) is 4.79 Å². The van der Waals surface area contributed by atoms with Crippen LogP contribution >= 0.6 is 0 Å². The smallest absolute Gasteiger partial charge is 0.250 e. The van der Waals surface area contributed by atoms with Crippen LogP contribution in [0.25, 0.3) is 10.8 Å². The summed E-state index contributed by atoms with van der Waals surface area (Å²) < 4.78 is 0. The number of anilines is 2. The lowest BCUT2D eigenvalue weighted by molar-refractivity contribution is -0.113. The number of hydrogen-bond donors (Lipinski definition) is 1. The van der Waals surface area contributed by atoms with E-state index in [4.69, 9.17) is 5.73 Å². The SMILES string of the molecule is C=CC(=O)N(C)c1ccc2c(N3CCC(N)C3)nccc2c1. The van der Waals surface area contributed by atoms with Gasteiger partial charge in [-0.15, -0.1) is 0 Å². The van der Waals surface area contributed by atoms with Gasteiger partial charge in [-0.25, -0.2) is 4.98 Å². The zero-order valence-electron chi connectivity index (χ0n) is 12.7. The third-order valence-electron chi connectivity index (χ3n) is 4.14. The highest BCUT2D eigenvalue weighted by Crippen LogP contribution is 2.29. The molecule has 1 amide bonds. The van der Waals surface area contributed by atoms with Crippen molar-refractivity contribution in [2.24, 2.45) is 5.73 Å². The first-order valence-corrected chi connectivity index (χ1v) is 7.39. The fourth-order valence-electron chi connectivity index (χ4n) is 2.85. The molecule has 2 aromatic rings. The van der Waals surface area contributed by atoms with E-state index in [0.717, 1.165) is 41.8 Å². The average molecular weight is 296 g/mol. The predicted octanol–water partition coefficient (Wildman–Crippen LogP) is 1.92. The molecule has 0 radical (unpaired) electrons. The van der Waals surface area contributed by atoms with Gasteiger partial charge in [0.25, 0.3) is 0 Å². The van der Waals surface area contributed by atoms with Crippen molar-refractivity contribution in [2.45, 2.75) is 12.5 Å². The third kappa shape index (κ3) is 2.55. The van der Waals surface area contributed by atoms with Gasteiger partial charge in [0.2, 0.25) is 5.91 Å².